The lowest BCUT2D eigenvalue weighted by Gasteiger charge is -2.21. The van der Waals surface area contributed by atoms with Crippen LogP contribution in [-0.2, 0) is 10.0 Å². The number of amides is 1. The van der Waals surface area contributed by atoms with Gasteiger partial charge in [0.05, 0.1) is 16.1 Å². The van der Waals surface area contributed by atoms with E-state index in [9.17, 15) is 13.2 Å². The highest BCUT2D eigenvalue weighted by Gasteiger charge is 2.23. The van der Waals surface area contributed by atoms with Crippen molar-refractivity contribution in [2.75, 3.05) is 18.4 Å². The van der Waals surface area contributed by atoms with E-state index in [1.807, 2.05) is 38.1 Å². The van der Waals surface area contributed by atoms with E-state index in [2.05, 4.69) is 10.3 Å². The Labute approximate surface area is 171 Å². The Morgan fingerprint density at radius 1 is 0.966 bits per heavy atom. The minimum atomic E-state index is -3.56. The van der Waals surface area contributed by atoms with Gasteiger partial charge in [0, 0.05) is 30.2 Å². The van der Waals surface area contributed by atoms with Crippen molar-refractivity contribution in [1.82, 2.24) is 9.29 Å². The van der Waals surface area contributed by atoms with Crippen LogP contribution in [0.25, 0.3) is 10.9 Å². The van der Waals surface area contributed by atoms with Gasteiger partial charge in [0.1, 0.15) is 0 Å². The zero-order valence-corrected chi connectivity index (χ0v) is 17.4. The molecule has 0 aliphatic rings. The van der Waals surface area contributed by atoms with Crippen molar-refractivity contribution in [3.8, 4) is 0 Å². The van der Waals surface area contributed by atoms with Gasteiger partial charge in [-0.05, 0) is 49.2 Å². The number of para-hydroxylation sites is 1. The van der Waals surface area contributed by atoms with Gasteiger partial charge in [-0.25, -0.2) is 8.42 Å². The quantitative estimate of drug-likeness (QED) is 0.599. The third-order valence-electron chi connectivity index (χ3n) is 4.58. The van der Waals surface area contributed by atoms with Crippen LogP contribution in [0.3, 0.4) is 0 Å². The van der Waals surface area contributed by atoms with Crippen LogP contribution in [0.5, 0.6) is 0 Å². The summed E-state index contributed by atoms with van der Waals surface area (Å²) in [5, 5.41) is 3.79. The molecule has 0 saturated carbocycles. The molecule has 7 heteroatoms. The van der Waals surface area contributed by atoms with Gasteiger partial charge in [-0.3, -0.25) is 9.78 Å². The van der Waals surface area contributed by atoms with Crippen molar-refractivity contribution in [3.05, 3.63) is 66.4 Å². The Morgan fingerprint density at radius 3 is 2.28 bits per heavy atom. The van der Waals surface area contributed by atoms with E-state index < -0.39 is 10.0 Å². The van der Waals surface area contributed by atoms with Crippen molar-refractivity contribution in [2.24, 2.45) is 0 Å². The number of nitrogens with zero attached hydrogens (tertiary/aromatic N) is 2. The molecule has 0 aliphatic carbocycles. The number of hydrogen-bond acceptors (Lipinski definition) is 4. The Balaban J connectivity index is 1.81. The number of benzene rings is 2. The van der Waals surface area contributed by atoms with Crippen LogP contribution in [0.15, 0.2) is 65.7 Å². The van der Waals surface area contributed by atoms with Gasteiger partial charge in [0.25, 0.3) is 5.91 Å². The molecule has 3 aromatic rings. The molecule has 1 heterocycles. The maximum atomic E-state index is 12.8. The predicted octanol–water partition coefficient (Wildman–Crippen LogP) is 4.30. The van der Waals surface area contributed by atoms with E-state index in [1.165, 1.54) is 28.6 Å². The second-order valence-corrected chi connectivity index (χ2v) is 8.70. The highest BCUT2D eigenvalue weighted by atomic mass is 32.2. The molecular formula is C22H25N3O3S. The lowest BCUT2D eigenvalue weighted by Crippen LogP contribution is -2.32. The molecule has 0 bridgehead atoms. The van der Waals surface area contributed by atoms with Gasteiger partial charge in [0.15, 0.2) is 0 Å². The molecule has 1 amide bonds. The number of hydrogen-bond donors (Lipinski definition) is 1. The zero-order chi connectivity index (χ0) is 20.9. The number of pyridine rings is 1. The SMILES string of the molecule is CCCN(CCC)S(=O)(=O)c1ccc(C(=O)Nc2cccc3cccnc23)cc1. The van der Waals surface area contributed by atoms with E-state index in [4.69, 9.17) is 0 Å². The fourth-order valence-electron chi connectivity index (χ4n) is 3.18. The van der Waals surface area contributed by atoms with Crippen LogP contribution in [0.4, 0.5) is 5.69 Å². The summed E-state index contributed by atoms with van der Waals surface area (Å²) in [6.07, 6.45) is 3.17. The second kappa shape index (κ2) is 9.15. The van der Waals surface area contributed by atoms with Crippen LogP contribution in [-0.4, -0.2) is 36.7 Å². The first-order chi connectivity index (χ1) is 14.0. The van der Waals surface area contributed by atoms with Gasteiger partial charge in [-0.1, -0.05) is 32.0 Å². The zero-order valence-electron chi connectivity index (χ0n) is 16.6. The van der Waals surface area contributed by atoms with Crippen LogP contribution in [0.1, 0.15) is 37.0 Å². The summed E-state index contributed by atoms with van der Waals surface area (Å²) < 4.78 is 27.2. The van der Waals surface area contributed by atoms with Crippen LogP contribution in [0, 0.1) is 0 Å². The minimum absolute atomic E-state index is 0.197. The first-order valence-electron chi connectivity index (χ1n) is 9.72. The molecule has 2 aromatic carbocycles. The minimum Gasteiger partial charge on any atom is -0.320 e. The number of nitrogens with one attached hydrogen (secondary N) is 1. The van der Waals surface area contributed by atoms with Gasteiger partial charge in [0.2, 0.25) is 10.0 Å². The molecule has 0 fully saturated rings. The molecule has 0 spiro atoms. The van der Waals surface area contributed by atoms with Crippen molar-refractivity contribution >= 4 is 32.5 Å². The number of aromatic nitrogens is 1. The normalized spacial score (nSPS) is 11.7. The molecular weight excluding hydrogens is 386 g/mol. The monoisotopic (exact) mass is 411 g/mol. The van der Waals surface area contributed by atoms with E-state index >= 15 is 0 Å². The summed E-state index contributed by atoms with van der Waals surface area (Å²) in [5.41, 5.74) is 1.70. The van der Waals surface area contributed by atoms with Crippen LogP contribution < -0.4 is 5.32 Å². The predicted molar refractivity (Wildman–Crippen MR) is 115 cm³/mol. The highest BCUT2D eigenvalue weighted by Crippen LogP contribution is 2.22. The Hall–Kier alpha value is -2.77. The van der Waals surface area contributed by atoms with Gasteiger partial charge < -0.3 is 5.32 Å². The van der Waals surface area contributed by atoms with E-state index in [0.717, 1.165) is 18.2 Å². The number of sulfonamides is 1. The maximum absolute atomic E-state index is 12.8. The molecule has 29 heavy (non-hydrogen) atoms. The summed E-state index contributed by atoms with van der Waals surface area (Å²) in [5.74, 6) is -0.314. The molecule has 1 aromatic heterocycles. The second-order valence-electron chi connectivity index (χ2n) is 6.76. The molecule has 3 rings (SSSR count). The largest absolute Gasteiger partial charge is 0.320 e. The molecule has 152 valence electrons. The first kappa shape index (κ1) is 21.0. The summed E-state index contributed by atoms with van der Waals surface area (Å²) in [4.78, 5) is 17.2. The topological polar surface area (TPSA) is 79.4 Å². The van der Waals surface area contributed by atoms with Gasteiger partial charge in [-0.2, -0.15) is 4.31 Å². The lowest BCUT2D eigenvalue weighted by molar-refractivity contribution is 0.102. The standard InChI is InChI=1S/C22H25N3O3S/c1-3-15-25(16-4-2)29(27,28)19-12-10-18(11-13-19)22(26)24-20-9-5-7-17-8-6-14-23-21(17)20/h5-14H,3-4,15-16H2,1-2H3,(H,24,26). The molecule has 0 aliphatic heterocycles. The van der Waals surface area contributed by atoms with Crippen molar-refractivity contribution in [1.29, 1.82) is 0 Å². The maximum Gasteiger partial charge on any atom is 0.255 e. The fraction of sp³-hybridized carbons (Fsp3) is 0.273. The van der Waals surface area contributed by atoms with Crippen molar-refractivity contribution in [3.63, 3.8) is 0 Å². The molecule has 1 N–H and O–H groups in total. The molecule has 0 saturated heterocycles. The van der Waals surface area contributed by atoms with Gasteiger partial charge in [-0.15, -0.1) is 0 Å². The molecule has 0 radical (unpaired) electrons. The molecule has 0 atom stereocenters. The first-order valence-corrected chi connectivity index (χ1v) is 11.2. The smallest absolute Gasteiger partial charge is 0.255 e. The number of carbonyl (C=O) groups excluding carboxylic acids is 1. The van der Waals surface area contributed by atoms with Crippen molar-refractivity contribution in [2.45, 2.75) is 31.6 Å². The van der Waals surface area contributed by atoms with Crippen LogP contribution in [0.2, 0.25) is 0 Å². The van der Waals surface area contributed by atoms with Crippen LogP contribution >= 0.6 is 0 Å². The summed E-state index contributed by atoms with van der Waals surface area (Å²) in [6, 6.07) is 15.4. The van der Waals surface area contributed by atoms with Crippen molar-refractivity contribution < 1.29 is 13.2 Å². The van der Waals surface area contributed by atoms with E-state index in [-0.39, 0.29) is 10.8 Å². The number of rotatable bonds is 8. The highest BCUT2D eigenvalue weighted by molar-refractivity contribution is 7.89. The lowest BCUT2D eigenvalue weighted by atomic mass is 10.1. The average Bonchev–Trinajstić information content (AvgIpc) is 2.74. The number of anilines is 1. The van der Waals surface area contributed by atoms with Gasteiger partial charge >= 0.3 is 0 Å². The molecule has 6 nitrogen and oxygen atoms in total. The fourth-order valence-corrected chi connectivity index (χ4v) is 4.80. The summed E-state index contributed by atoms with van der Waals surface area (Å²) in [7, 11) is -3.56. The van der Waals surface area contributed by atoms with E-state index in [1.54, 1.807) is 12.3 Å². The summed E-state index contributed by atoms with van der Waals surface area (Å²) in [6.45, 7) is 4.86. The average molecular weight is 412 g/mol. The number of fused-ring (bicyclic) bond motifs is 1. The Kier molecular flexibility index (Phi) is 6.61. The van der Waals surface area contributed by atoms with E-state index in [0.29, 0.717) is 29.9 Å². The number of carbonyl (C=O) groups is 1. The Bertz CT molecular complexity index is 1080. The Morgan fingerprint density at radius 2 is 1.62 bits per heavy atom. The third-order valence-corrected chi connectivity index (χ3v) is 6.49. The third kappa shape index (κ3) is 4.63. The summed E-state index contributed by atoms with van der Waals surface area (Å²) >= 11 is 0. The molecule has 0 unspecified atom stereocenters.